The van der Waals surface area contributed by atoms with Gasteiger partial charge >= 0.3 is 0 Å². The molecule has 0 radical (unpaired) electrons. The number of anilines is 1. The van der Waals surface area contributed by atoms with Gasteiger partial charge in [0.15, 0.2) is 0 Å². The van der Waals surface area contributed by atoms with Gasteiger partial charge in [-0.1, -0.05) is 42.5 Å². The number of nitrogens with zero attached hydrogens (tertiary/aromatic N) is 1. The summed E-state index contributed by atoms with van der Waals surface area (Å²) in [4.78, 5) is 26.5. The molecule has 1 saturated heterocycles. The SMILES string of the molecule is NC(C(=O)Nc1ccc(CC(=O)N2CCSCC2)cc1)c1ccccc1. The number of carbonyl (C=O) groups is 2. The second kappa shape index (κ2) is 8.87. The minimum Gasteiger partial charge on any atom is -0.341 e. The number of benzene rings is 2. The van der Waals surface area contributed by atoms with E-state index in [0.717, 1.165) is 35.7 Å². The van der Waals surface area contributed by atoms with Crippen molar-refractivity contribution in [3.8, 4) is 0 Å². The summed E-state index contributed by atoms with van der Waals surface area (Å²) in [6.45, 7) is 1.66. The molecule has 2 aromatic carbocycles. The quantitative estimate of drug-likeness (QED) is 0.849. The van der Waals surface area contributed by atoms with Gasteiger partial charge in [-0.2, -0.15) is 11.8 Å². The zero-order chi connectivity index (χ0) is 18.4. The van der Waals surface area contributed by atoms with Crippen molar-refractivity contribution < 1.29 is 9.59 Å². The molecular formula is C20H23N3O2S. The number of amides is 2. The van der Waals surface area contributed by atoms with Crippen molar-refractivity contribution in [2.24, 2.45) is 5.73 Å². The molecule has 1 atom stereocenters. The van der Waals surface area contributed by atoms with Crippen LogP contribution in [0.2, 0.25) is 0 Å². The number of thioether (sulfide) groups is 1. The van der Waals surface area contributed by atoms with Gasteiger partial charge in [0.1, 0.15) is 6.04 Å². The Morgan fingerprint density at radius 1 is 1.04 bits per heavy atom. The third-order valence-electron chi connectivity index (χ3n) is 4.38. The van der Waals surface area contributed by atoms with Gasteiger partial charge in [0.2, 0.25) is 11.8 Å². The molecule has 1 heterocycles. The largest absolute Gasteiger partial charge is 0.341 e. The Labute approximate surface area is 157 Å². The van der Waals surface area contributed by atoms with Gasteiger partial charge in [-0.3, -0.25) is 9.59 Å². The lowest BCUT2D eigenvalue weighted by Crippen LogP contribution is -2.38. The first kappa shape index (κ1) is 18.5. The highest BCUT2D eigenvalue weighted by atomic mass is 32.2. The fourth-order valence-corrected chi connectivity index (χ4v) is 3.74. The molecule has 1 unspecified atom stereocenters. The molecule has 0 aliphatic carbocycles. The van der Waals surface area contributed by atoms with Crippen LogP contribution in [0.3, 0.4) is 0 Å². The molecular weight excluding hydrogens is 346 g/mol. The lowest BCUT2D eigenvalue weighted by atomic mass is 10.1. The van der Waals surface area contributed by atoms with Crippen molar-refractivity contribution in [2.45, 2.75) is 12.5 Å². The fourth-order valence-electron chi connectivity index (χ4n) is 2.84. The van der Waals surface area contributed by atoms with Crippen LogP contribution in [0.4, 0.5) is 5.69 Å². The molecule has 0 spiro atoms. The Morgan fingerprint density at radius 3 is 2.35 bits per heavy atom. The van der Waals surface area contributed by atoms with E-state index in [2.05, 4.69) is 5.32 Å². The fraction of sp³-hybridized carbons (Fsp3) is 0.300. The van der Waals surface area contributed by atoms with Crippen molar-refractivity contribution in [1.82, 2.24) is 4.90 Å². The summed E-state index contributed by atoms with van der Waals surface area (Å²) in [5, 5.41) is 2.82. The normalized spacial score (nSPS) is 15.3. The Bertz CT molecular complexity index is 743. The summed E-state index contributed by atoms with van der Waals surface area (Å²) < 4.78 is 0. The highest BCUT2D eigenvalue weighted by Crippen LogP contribution is 2.16. The smallest absolute Gasteiger partial charge is 0.245 e. The summed E-state index contributed by atoms with van der Waals surface area (Å²) >= 11 is 1.89. The average Bonchev–Trinajstić information content (AvgIpc) is 2.70. The third kappa shape index (κ3) is 4.86. The van der Waals surface area contributed by atoms with Crippen LogP contribution in [0.15, 0.2) is 54.6 Å². The summed E-state index contributed by atoms with van der Waals surface area (Å²) in [5.74, 6) is 1.93. The minimum absolute atomic E-state index is 0.160. The molecule has 2 aromatic rings. The number of hydrogen-bond donors (Lipinski definition) is 2. The van der Waals surface area contributed by atoms with Gasteiger partial charge in [-0.25, -0.2) is 0 Å². The van der Waals surface area contributed by atoms with Crippen LogP contribution in [-0.2, 0) is 16.0 Å². The number of nitrogens with one attached hydrogen (secondary N) is 1. The van der Waals surface area contributed by atoms with Gasteiger partial charge < -0.3 is 16.0 Å². The topological polar surface area (TPSA) is 75.4 Å². The van der Waals surface area contributed by atoms with Crippen molar-refractivity contribution in [1.29, 1.82) is 0 Å². The second-order valence-corrected chi connectivity index (χ2v) is 7.47. The number of carbonyl (C=O) groups excluding carboxylic acids is 2. The van der Waals surface area contributed by atoms with Crippen molar-refractivity contribution in [3.63, 3.8) is 0 Å². The molecule has 136 valence electrons. The predicted molar refractivity (Wildman–Crippen MR) is 106 cm³/mol. The Morgan fingerprint density at radius 2 is 1.69 bits per heavy atom. The van der Waals surface area contributed by atoms with E-state index in [1.54, 1.807) is 0 Å². The Hall–Kier alpha value is -2.31. The van der Waals surface area contributed by atoms with E-state index in [9.17, 15) is 9.59 Å². The molecule has 1 fully saturated rings. The summed E-state index contributed by atoms with van der Waals surface area (Å²) in [5.41, 5.74) is 8.39. The van der Waals surface area contributed by atoms with Crippen LogP contribution < -0.4 is 11.1 Å². The number of hydrogen-bond acceptors (Lipinski definition) is 4. The maximum Gasteiger partial charge on any atom is 0.245 e. The highest BCUT2D eigenvalue weighted by molar-refractivity contribution is 7.99. The maximum atomic E-state index is 12.3. The molecule has 6 heteroatoms. The van der Waals surface area contributed by atoms with Crippen LogP contribution in [-0.4, -0.2) is 41.3 Å². The third-order valence-corrected chi connectivity index (χ3v) is 5.32. The average molecular weight is 369 g/mol. The molecule has 0 aromatic heterocycles. The molecule has 0 saturated carbocycles. The maximum absolute atomic E-state index is 12.3. The zero-order valence-corrected chi connectivity index (χ0v) is 15.4. The van der Waals surface area contributed by atoms with Crippen LogP contribution in [0.5, 0.6) is 0 Å². The molecule has 26 heavy (non-hydrogen) atoms. The summed E-state index contributed by atoms with van der Waals surface area (Å²) in [6, 6.07) is 15.9. The van der Waals surface area contributed by atoms with Gasteiger partial charge in [0.05, 0.1) is 6.42 Å². The van der Waals surface area contributed by atoms with Crippen molar-refractivity contribution >= 4 is 29.3 Å². The molecule has 5 nitrogen and oxygen atoms in total. The molecule has 2 amide bonds. The van der Waals surface area contributed by atoms with Crippen LogP contribution in [0, 0.1) is 0 Å². The molecule has 3 N–H and O–H groups in total. The van der Waals surface area contributed by atoms with Gasteiger partial charge in [0.25, 0.3) is 0 Å². The first-order chi connectivity index (χ1) is 12.6. The first-order valence-electron chi connectivity index (χ1n) is 8.69. The van der Waals surface area contributed by atoms with E-state index in [1.165, 1.54) is 0 Å². The molecule has 0 bridgehead atoms. The molecule has 1 aliphatic rings. The predicted octanol–water partition coefficient (Wildman–Crippen LogP) is 2.44. The van der Waals surface area contributed by atoms with Crippen molar-refractivity contribution in [2.75, 3.05) is 29.9 Å². The van der Waals surface area contributed by atoms with E-state index < -0.39 is 6.04 Å². The van der Waals surface area contributed by atoms with Gasteiger partial charge in [-0.05, 0) is 23.3 Å². The van der Waals surface area contributed by atoms with Crippen molar-refractivity contribution in [3.05, 3.63) is 65.7 Å². The zero-order valence-electron chi connectivity index (χ0n) is 14.6. The van der Waals surface area contributed by atoms with Crippen LogP contribution in [0.25, 0.3) is 0 Å². The summed E-state index contributed by atoms with van der Waals surface area (Å²) in [7, 11) is 0. The van der Waals surface area contributed by atoms with Gasteiger partial charge in [0, 0.05) is 30.3 Å². The summed E-state index contributed by atoms with van der Waals surface area (Å²) in [6.07, 6.45) is 0.391. The van der Waals surface area contributed by atoms with E-state index in [-0.39, 0.29) is 11.8 Å². The molecule has 3 rings (SSSR count). The van der Waals surface area contributed by atoms with E-state index in [4.69, 9.17) is 5.73 Å². The van der Waals surface area contributed by atoms with E-state index in [1.807, 2.05) is 71.3 Å². The van der Waals surface area contributed by atoms with Crippen LogP contribution in [0.1, 0.15) is 17.2 Å². The number of nitrogens with two attached hydrogens (primary N) is 1. The van der Waals surface area contributed by atoms with E-state index in [0.29, 0.717) is 12.1 Å². The number of rotatable bonds is 5. The minimum atomic E-state index is -0.713. The lowest BCUT2D eigenvalue weighted by molar-refractivity contribution is -0.130. The Kier molecular flexibility index (Phi) is 6.30. The van der Waals surface area contributed by atoms with E-state index >= 15 is 0 Å². The molecule has 1 aliphatic heterocycles. The second-order valence-electron chi connectivity index (χ2n) is 6.24. The lowest BCUT2D eigenvalue weighted by Gasteiger charge is -2.26. The van der Waals surface area contributed by atoms with Gasteiger partial charge in [-0.15, -0.1) is 0 Å². The first-order valence-corrected chi connectivity index (χ1v) is 9.85. The standard InChI is InChI=1S/C20H23N3O2S/c21-19(16-4-2-1-3-5-16)20(25)22-17-8-6-15(7-9-17)14-18(24)23-10-12-26-13-11-23/h1-9,19H,10-14,21H2,(H,22,25). The Balaban J connectivity index is 1.55. The van der Waals surface area contributed by atoms with Crippen LogP contribution >= 0.6 is 11.8 Å². The monoisotopic (exact) mass is 369 g/mol. The highest BCUT2D eigenvalue weighted by Gasteiger charge is 2.18.